The average Bonchev–Trinajstić information content (AvgIpc) is 3.03. The van der Waals surface area contributed by atoms with Crippen molar-refractivity contribution in [1.29, 1.82) is 0 Å². The van der Waals surface area contributed by atoms with Gasteiger partial charge in [0.05, 0.1) is 22.5 Å². The molecule has 0 aliphatic heterocycles. The maximum Gasteiger partial charge on any atom is 0.243 e. The van der Waals surface area contributed by atoms with Crippen LogP contribution in [0.15, 0.2) is 47.4 Å². The molecular weight excluding hydrogens is 334 g/mol. The van der Waals surface area contributed by atoms with Gasteiger partial charge in [-0.15, -0.1) is 0 Å². The summed E-state index contributed by atoms with van der Waals surface area (Å²) in [7, 11) is -1.94. The lowest BCUT2D eigenvalue weighted by molar-refractivity contribution is 0.458. The van der Waals surface area contributed by atoms with Crippen molar-refractivity contribution in [2.45, 2.75) is 37.1 Å². The maximum absolute atomic E-state index is 12.9. The normalized spacial score (nSPS) is 14.8. The van der Waals surface area contributed by atoms with Crippen LogP contribution in [-0.2, 0) is 29.4 Å². The lowest BCUT2D eigenvalue weighted by Crippen LogP contribution is -2.27. The summed E-state index contributed by atoms with van der Waals surface area (Å²) in [5, 5.41) is 0. The first-order valence-electron chi connectivity index (χ1n) is 8.56. The number of sulfonamides is 1. The van der Waals surface area contributed by atoms with Gasteiger partial charge in [0.15, 0.2) is 0 Å². The van der Waals surface area contributed by atoms with Crippen LogP contribution in [0.1, 0.15) is 29.8 Å². The van der Waals surface area contributed by atoms with Gasteiger partial charge in [-0.05, 0) is 61.1 Å². The Kier molecular flexibility index (Phi) is 4.09. The second-order valence-electron chi connectivity index (χ2n) is 6.60. The van der Waals surface area contributed by atoms with E-state index in [2.05, 4.69) is 9.97 Å². The van der Waals surface area contributed by atoms with E-state index >= 15 is 0 Å². The Labute approximate surface area is 147 Å². The third kappa shape index (κ3) is 3.07. The van der Waals surface area contributed by atoms with Crippen LogP contribution in [0.2, 0.25) is 0 Å². The fourth-order valence-electron chi connectivity index (χ4n) is 3.43. The highest BCUT2D eigenvalue weighted by Gasteiger charge is 2.23. The number of aryl methyl sites for hydroxylation is 2. The van der Waals surface area contributed by atoms with Crippen molar-refractivity contribution in [2.75, 3.05) is 7.05 Å². The fourth-order valence-corrected chi connectivity index (χ4v) is 4.61. The van der Waals surface area contributed by atoms with Gasteiger partial charge in [-0.1, -0.05) is 18.2 Å². The molecule has 5 nitrogen and oxygen atoms in total. The minimum atomic E-state index is -3.53. The van der Waals surface area contributed by atoms with Gasteiger partial charge in [0.1, 0.15) is 5.82 Å². The first kappa shape index (κ1) is 16.3. The number of H-pyrrole nitrogens is 1. The summed E-state index contributed by atoms with van der Waals surface area (Å²) in [5.41, 5.74) is 4.21. The second-order valence-corrected chi connectivity index (χ2v) is 8.64. The topological polar surface area (TPSA) is 66.1 Å². The molecule has 6 heteroatoms. The first-order chi connectivity index (χ1) is 12.0. The molecular formula is C19H21N3O2S. The number of aromatic amines is 1. The number of fused-ring (bicyclic) bond motifs is 2. The van der Waals surface area contributed by atoms with E-state index in [1.165, 1.54) is 21.9 Å². The van der Waals surface area contributed by atoms with Crippen LogP contribution in [0.25, 0.3) is 11.0 Å². The molecule has 0 spiro atoms. The van der Waals surface area contributed by atoms with Gasteiger partial charge in [-0.25, -0.2) is 13.4 Å². The Bertz CT molecular complexity index is 991. The molecule has 0 fully saturated rings. The summed E-state index contributed by atoms with van der Waals surface area (Å²) < 4.78 is 27.2. The Balaban J connectivity index is 1.60. The van der Waals surface area contributed by atoms with Crippen molar-refractivity contribution in [2.24, 2.45) is 0 Å². The molecule has 0 unspecified atom stereocenters. The zero-order chi connectivity index (χ0) is 17.4. The van der Waals surface area contributed by atoms with Gasteiger partial charge in [0, 0.05) is 7.05 Å². The first-order valence-corrected chi connectivity index (χ1v) is 10.00. The highest BCUT2D eigenvalue weighted by molar-refractivity contribution is 7.89. The number of hydrogen-bond acceptors (Lipinski definition) is 3. The SMILES string of the molecule is CN(Cc1nc2ccccc2[nH]1)S(=O)(=O)c1ccc2c(c1)CCCC2. The zero-order valence-electron chi connectivity index (χ0n) is 14.2. The smallest absolute Gasteiger partial charge is 0.243 e. The molecule has 0 saturated carbocycles. The van der Waals surface area contributed by atoms with Gasteiger partial charge in [0.25, 0.3) is 0 Å². The summed E-state index contributed by atoms with van der Waals surface area (Å²) >= 11 is 0. The standard InChI is InChI=1S/C19H21N3O2S/c1-22(13-19-20-17-8-4-5-9-18(17)21-19)25(23,24)16-11-10-14-6-2-3-7-15(14)12-16/h4-5,8-12H,2-3,6-7,13H2,1H3,(H,20,21). The van der Waals surface area contributed by atoms with Crippen molar-refractivity contribution < 1.29 is 8.42 Å². The number of nitrogens with zero attached hydrogens (tertiary/aromatic N) is 2. The number of nitrogens with one attached hydrogen (secondary N) is 1. The number of aromatic nitrogens is 2. The van der Waals surface area contributed by atoms with E-state index < -0.39 is 10.0 Å². The van der Waals surface area contributed by atoms with Crippen molar-refractivity contribution in [3.63, 3.8) is 0 Å². The number of rotatable bonds is 4. The zero-order valence-corrected chi connectivity index (χ0v) is 15.0. The Morgan fingerprint density at radius 3 is 2.64 bits per heavy atom. The average molecular weight is 355 g/mol. The van der Waals surface area contributed by atoms with Crippen LogP contribution in [0, 0.1) is 0 Å². The lowest BCUT2D eigenvalue weighted by atomic mass is 9.92. The molecule has 0 saturated heterocycles. The summed E-state index contributed by atoms with van der Waals surface area (Å²) in [5.74, 6) is 0.644. The monoisotopic (exact) mass is 355 g/mol. The van der Waals surface area contributed by atoms with E-state index in [1.807, 2.05) is 36.4 Å². The van der Waals surface area contributed by atoms with Gasteiger partial charge < -0.3 is 4.98 Å². The molecule has 1 aliphatic rings. The van der Waals surface area contributed by atoms with Crippen LogP contribution in [0.3, 0.4) is 0 Å². The van der Waals surface area contributed by atoms with E-state index in [0.717, 1.165) is 30.3 Å². The number of benzene rings is 2. The molecule has 0 atom stereocenters. The molecule has 25 heavy (non-hydrogen) atoms. The van der Waals surface area contributed by atoms with Crippen LogP contribution < -0.4 is 0 Å². The molecule has 130 valence electrons. The van der Waals surface area contributed by atoms with E-state index in [4.69, 9.17) is 0 Å². The third-order valence-corrected chi connectivity index (χ3v) is 6.64. The third-order valence-electron chi connectivity index (χ3n) is 4.84. The van der Waals surface area contributed by atoms with Crippen molar-refractivity contribution in [3.8, 4) is 0 Å². The van der Waals surface area contributed by atoms with Crippen LogP contribution >= 0.6 is 0 Å². The fraction of sp³-hybridized carbons (Fsp3) is 0.316. The molecule has 0 amide bonds. The van der Waals surface area contributed by atoms with Crippen molar-refractivity contribution in [1.82, 2.24) is 14.3 Å². The summed E-state index contributed by atoms with van der Waals surface area (Å²) in [6, 6.07) is 13.2. The van der Waals surface area contributed by atoms with Crippen molar-refractivity contribution >= 4 is 21.1 Å². The summed E-state index contributed by atoms with van der Waals surface area (Å²) in [6.07, 6.45) is 4.33. The van der Waals surface area contributed by atoms with E-state index in [9.17, 15) is 8.42 Å². The Morgan fingerprint density at radius 2 is 1.84 bits per heavy atom. The highest BCUT2D eigenvalue weighted by Crippen LogP contribution is 2.26. The molecule has 3 aromatic rings. The molecule has 1 aromatic heterocycles. The number of hydrogen-bond donors (Lipinski definition) is 1. The largest absolute Gasteiger partial charge is 0.341 e. The van der Waals surface area contributed by atoms with Crippen LogP contribution in [0.5, 0.6) is 0 Å². The van der Waals surface area contributed by atoms with Gasteiger partial charge in [-0.3, -0.25) is 0 Å². The van der Waals surface area contributed by atoms with Crippen LogP contribution in [-0.4, -0.2) is 29.7 Å². The van der Waals surface area contributed by atoms with E-state index in [0.29, 0.717) is 10.7 Å². The number of imidazole rings is 1. The maximum atomic E-state index is 12.9. The summed E-state index contributed by atoms with van der Waals surface area (Å²) in [6.45, 7) is 0.216. The molecule has 1 heterocycles. The van der Waals surface area contributed by atoms with Gasteiger partial charge in [0.2, 0.25) is 10.0 Å². The molecule has 0 radical (unpaired) electrons. The predicted molar refractivity (Wildman–Crippen MR) is 97.8 cm³/mol. The quantitative estimate of drug-likeness (QED) is 0.781. The highest BCUT2D eigenvalue weighted by atomic mass is 32.2. The molecule has 4 rings (SSSR count). The molecule has 0 bridgehead atoms. The molecule has 1 aliphatic carbocycles. The summed E-state index contributed by atoms with van der Waals surface area (Å²) in [4.78, 5) is 8.02. The van der Waals surface area contributed by atoms with Gasteiger partial charge >= 0.3 is 0 Å². The minimum Gasteiger partial charge on any atom is -0.341 e. The van der Waals surface area contributed by atoms with Gasteiger partial charge in [-0.2, -0.15) is 4.31 Å². The Morgan fingerprint density at radius 1 is 1.08 bits per heavy atom. The Hall–Kier alpha value is -2.18. The second kappa shape index (κ2) is 6.28. The molecule has 1 N–H and O–H groups in total. The van der Waals surface area contributed by atoms with E-state index in [-0.39, 0.29) is 6.54 Å². The minimum absolute atomic E-state index is 0.216. The molecule has 2 aromatic carbocycles. The lowest BCUT2D eigenvalue weighted by Gasteiger charge is -2.19. The number of para-hydroxylation sites is 2. The van der Waals surface area contributed by atoms with E-state index in [1.54, 1.807) is 13.1 Å². The predicted octanol–water partition coefficient (Wildman–Crippen LogP) is 3.26. The van der Waals surface area contributed by atoms with Crippen molar-refractivity contribution in [3.05, 3.63) is 59.4 Å². The van der Waals surface area contributed by atoms with Crippen LogP contribution in [0.4, 0.5) is 0 Å².